The number of nitrogens with one attached hydrogen (secondary N) is 2. The van der Waals surface area contributed by atoms with Gasteiger partial charge in [-0.25, -0.2) is 0 Å². The van der Waals surface area contributed by atoms with E-state index in [1.54, 1.807) is 0 Å². The average molecular weight is 981 g/mol. The van der Waals surface area contributed by atoms with Gasteiger partial charge < -0.3 is 34.3 Å². The summed E-state index contributed by atoms with van der Waals surface area (Å²) in [5, 5.41) is 6.79. The van der Waals surface area contributed by atoms with E-state index in [1.165, 1.54) is 51.8 Å². The fraction of sp³-hybridized carbons (Fsp3) is 0.516. The van der Waals surface area contributed by atoms with Gasteiger partial charge >= 0.3 is 0 Å². The number of anilines is 2. The summed E-state index contributed by atoms with van der Waals surface area (Å²) in [5.41, 5.74) is 12.9. The second-order valence-corrected chi connectivity index (χ2v) is 23.0. The molecule has 8 nitrogen and oxygen atoms in total. The largest absolute Gasteiger partial charge is 0.493 e. The highest BCUT2D eigenvalue weighted by Crippen LogP contribution is 2.35. The van der Waals surface area contributed by atoms with Gasteiger partial charge in [-0.1, -0.05) is 118 Å². The summed E-state index contributed by atoms with van der Waals surface area (Å²) in [6.07, 6.45) is 9.59. The molecule has 5 aromatic rings. The Morgan fingerprint density at radius 2 is 0.931 bits per heavy atom. The van der Waals surface area contributed by atoms with Crippen LogP contribution in [-0.4, -0.2) is 50.9 Å². The van der Waals surface area contributed by atoms with Crippen LogP contribution in [0.3, 0.4) is 0 Å². The topological polar surface area (TPSA) is 87.3 Å². The highest BCUT2D eigenvalue weighted by molar-refractivity contribution is 5.84. The zero-order valence-corrected chi connectivity index (χ0v) is 46.1. The minimum atomic E-state index is -0.105. The SMILES string of the molecule is CC(C)Cc1ccc2c(c1)CCO2.CC(C)Cc1ccc2c(c1)NCC(C)(C)O2.CC(C)Cc1ccc2c(c1)NCCO2.CC(C)Cc1ccc2c(c1)OCC(=O)C2.CC(C)Cc1ccc2c(c1)OCCC2. The summed E-state index contributed by atoms with van der Waals surface area (Å²) in [6.45, 7) is 31.1. The third-order valence-corrected chi connectivity index (χ3v) is 12.7. The van der Waals surface area contributed by atoms with Crippen LogP contribution in [0.1, 0.15) is 134 Å². The van der Waals surface area contributed by atoms with Crippen molar-refractivity contribution in [2.45, 2.75) is 146 Å². The van der Waals surface area contributed by atoms with E-state index in [1.807, 2.05) is 6.07 Å². The molecule has 8 heteroatoms. The fourth-order valence-electron chi connectivity index (χ4n) is 9.55. The molecule has 0 aromatic heterocycles. The number of ether oxygens (including phenoxy) is 5. The van der Waals surface area contributed by atoms with E-state index in [0.29, 0.717) is 24.2 Å². The van der Waals surface area contributed by atoms with Crippen LogP contribution < -0.4 is 34.3 Å². The van der Waals surface area contributed by atoms with Crippen molar-refractivity contribution in [1.82, 2.24) is 0 Å². The van der Waals surface area contributed by atoms with Gasteiger partial charge in [0.05, 0.1) is 31.1 Å². The molecule has 5 aromatic carbocycles. The molecule has 0 spiro atoms. The number of benzene rings is 5. The molecule has 0 radical (unpaired) electrons. The Morgan fingerprint density at radius 3 is 1.53 bits per heavy atom. The highest BCUT2D eigenvalue weighted by Gasteiger charge is 2.26. The quantitative estimate of drug-likeness (QED) is 0.143. The minimum Gasteiger partial charge on any atom is -0.493 e. The summed E-state index contributed by atoms with van der Waals surface area (Å²) in [4.78, 5) is 11.2. The predicted molar refractivity (Wildman–Crippen MR) is 299 cm³/mol. The number of ketones is 1. The van der Waals surface area contributed by atoms with Gasteiger partial charge in [-0.3, -0.25) is 4.79 Å². The normalized spacial score (nSPS) is 15.4. The first-order valence-corrected chi connectivity index (χ1v) is 27.2. The molecule has 390 valence electrons. The first-order valence-electron chi connectivity index (χ1n) is 27.2. The lowest BCUT2D eigenvalue weighted by molar-refractivity contribution is -0.121. The molecule has 5 aliphatic rings. The first-order chi connectivity index (χ1) is 34.4. The van der Waals surface area contributed by atoms with E-state index >= 15 is 0 Å². The van der Waals surface area contributed by atoms with Gasteiger partial charge in [0.15, 0.2) is 5.78 Å². The molecule has 0 fully saturated rings. The maximum Gasteiger partial charge on any atom is 0.174 e. The van der Waals surface area contributed by atoms with Crippen LogP contribution in [0.5, 0.6) is 28.7 Å². The number of rotatable bonds is 10. The van der Waals surface area contributed by atoms with E-state index in [-0.39, 0.29) is 18.0 Å². The molecule has 0 atom stereocenters. The van der Waals surface area contributed by atoms with Gasteiger partial charge in [-0.15, -0.1) is 0 Å². The molecule has 5 aliphatic heterocycles. The van der Waals surface area contributed by atoms with Crippen LogP contribution in [0.25, 0.3) is 0 Å². The fourth-order valence-corrected chi connectivity index (χ4v) is 9.55. The van der Waals surface area contributed by atoms with Gasteiger partial charge in [0.25, 0.3) is 0 Å². The second kappa shape index (κ2) is 26.9. The van der Waals surface area contributed by atoms with Crippen molar-refractivity contribution in [3.05, 3.63) is 136 Å². The van der Waals surface area contributed by atoms with E-state index in [2.05, 4.69) is 179 Å². The van der Waals surface area contributed by atoms with Gasteiger partial charge in [0, 0.05) is 24.9 Å². The summed E-state index contributed by atoms with van der Waals surface area (Å²) < 4.78 is 28.0. The summed E-state index contributed by atoms with van der Waals surface area (Å²) in [7, 11) is 0. The van der Waals surface area contributed by atoms with E-state index < -0.39 is 0 Å². The number of hydrogen-bond donors (Lipinski definition) is 2. The molecular weight excluding hydrogens is 893 g/mol. The van der Waals surface area contributed by atoms with Crippen molar-refractivity contribution < 1.29 is 28.5 Å². The molecule has 2 N–H and O–H groups in total. The Bertz CT molecular complexity index is 2440. The smallest absolute Gasteiger partial charge is 0.174 e. The summed E-state index contributed by atoms with van der Waals surface area (Å²) >= 11 is 0. The molecule has 5 heterocycles. The number of aryl methyl sites for hydroxylation is 1. The first kappa shape index (κ1) is 55.7. The van der Waals surface area contributed by atoms with Crippen LogP contribution in [-0.2, 0) is 56.2 Å². The Balaban J connectivity index is 0.000000147. The number of Topliss-reactive ketones (excluding diaryl/α,β-unsaturated/α-hetero) is 1. The lowest BCUT2D eigenvalue weighted by Crippen LogP contribution is -2.40. The maximum atomic E-state index is 11.2. The number of fused-ring (bicyclic) bond motifs is 5. The molecule has 0 saturated heterocycles. The van der Waals surface area contributed by atoms with Crippen LogP contribution in [0.4, 0.5) is 11.4 Å². The van der Waals surface area contributed by atoms with Crippen molar-refractivity contribution in [3.63, 3.8) is 0 Å². The zero-order chi connectivity index (χ0) is 51.8. The van der Waals surface area contributed by atoms with Gasteiger partial charge in [-0.05, 0) is 170 Å². The van der Waals surface area contributed by atoms with Crippen molar-refractivity contribution in [3.8, 4) is 28.7 Å². The highest BCUT2D eigenvalue weighted by atomic mass is 16.5. The van der Waals surface area contributed by atoms with Crippen molar-refractivity contribution in [2.75, 3.05) is 50.2 Å². The van der Waals surface area contributed by atoms with Gasteiger partial charge in [-0.2, -0.15) is 0 Å². The molecule has 0 aliphatic carbocycles. The van der Waals surface area contributed by atoms with Crippen LogP contribution in [0.15, 0.2) is 91.0 Å². The van der Waals surface area contributed by atoms with Crippen LogP contribution in [0, 0.1) is 29.6 Å². The number of hydrogen-bond acceptors (Lipinski definition) is 8. The Kier molecular flexibility index (Phi) is 20.8. The molecule has 0 saturated carbocycles. The molecule has 0 unspecified atom stereocenters. The average Bonchev–Trinajstić information content (AvgIpc) is 3.80. The third kappa shape index (κ3) is 18.1. The predicted octanol–water partition coefficient (Wildman–Crippen LogP) is 14.6. The molecule has 0 bridgehead atoms. The third-order valence-electron chi connectivity index (χ3n) is 12.7. The Labute approximate surface area is 434 Å². The number of carbonyl (C=O) groups is 1. The van der Waals surface area contributed by atoms with Crippen molar-refractivity contribution >= 4 is 17.2 Å². The second-order valence-electron chi connectivity index (χ2n) is 23.0. The molecule has 10 rings (SSSR count). The van der Waals surface area contributed by atoms with E-state index in [0.717, 1.165) is 129 Å². The minimum absolute atomic E-state index is 0.105. The molecule has 72 heavy (non-hydrogen) atoms. The zero-order valence-electron chi connectivity index (χ0n) is 46.1. The lowest BCUT2D eigenvalue weighted by Gasteiger charge is -2.33. The summed E-state index contributed by atoms with van der Waals surface area (Å²) in [6, 6.07) is 32.4. The Morgan fingerprint density at radius 1 is 0.458 bits per heavy atom. The maximum absolute atomic E-state index is 11.2. The number of carbonyl (C=O) groups excluding carboxylic acids is 1. The van der Waals surface area contributed by atoms with E-state index in [9.17, 15) is 4.79 Å². The molecular formula is C64H88N2O6. The molecule has 0 amide bonds. The van der Waals surface area contributed by atoms with Crippen LogP contribution >= 0.6 is 0 Å². The van der Waals surface area contributed by atoms with Gasteiger partial charge in [0.1, 0.15) is 47.6 Å². The van der Waals surface area contributed by atoms with Crippen LogP contribution in [0.2, 0.25) is 0 Å². The van der Waals surface area contributed by atoms with Gasteiger partial charge in [0.2, 0.25) is 0 Å². The lowest BCUT2D eigenvalue weighted by atomic mass is 9.98. The van der Waals surface area contributed by atoms with Crippen molar-refractivity contribution in [1.29, 1.82) is 0 Å². The van der Waals surface area contributed by atoms with E-state index in [4.69, 9.17) is 23.7 Å². The Hall–Kier alpha value is -5.63. The standard InChI is InChI=1S/C14H21NO.C13H16O2.C13H18O.C12H17NO.C12H16O/c1-10(2)7-11-5-6-13-12(8-11)15-9-14(3,4)16-13;1-9(2)5-10-3-4-11-7-12(14)8-15-13(11)6-10;1-10(2)8-11-5-6-12-4-3-7-14-13(12)9-11;1-9(2)7-10-3-4-12-11(8-10)13-5-6-14-12;1-9(2)7-10-3-4-12-11(8-10)5-6-13-12/h5-6,8,10,15H,7,9H2,1-4H3;3-4,6,9H,5,7-8H2,1-2H3;5-6,9-10H,3-4,7-8H2,1-2H3;3-4,8-9,13H,5-7H2,1-2H3;3-4,8-9H,5-7H2,1-2H3. The monoisotopic (exact) mass is 981 g/mol. The summed E-state index contributed by atoms with van der Waals surface area (Å²) in [5.74, 6) is 8.74. The van der Waals surface area contributed by atoms with Crippen molar-refractivity contribution in [2.24, 2.45) is 29.6 Å².